The molecule has 26 heavy (non-hydrogen) atoms. The van der Waals surface area contributed by atoms with Gasteiger partial charge >= 0.3 is 0 Å². The van der Waals surface area contributed by atoms with E-state index in [9.17, 15) is 9.59 Å². The predicted molar refractivity (Wildman–Crippen MR) is 106 cm³/mol. The van der Waals surface area contributed by atoms with Crippen molar-refractivity contribution in [2.75, 3.05) is 19.0 Å². The highest BCUT2D eigenvalue weighted by molar-refractivity contribution is 7.12. The van der Waals surface area contributed by atoms with Crippen molar-refractivity contribution in [3.05, 3.63) is 87.6 Å². The Morgan fingerprint density at radius 1 is 0.923 bits per heavy atom. The van der Waals surface area contributed by atoms with Crippen molar-refractivity contribution in [2.24, 2.45) is 0 Å². The number of hydrogen-bond donors (Lipinski definition) is 1. The molecule has 0 saturated carbocycles. The summed E-state index contributed by atoms with van der Waals surface area (Å²) >= 11 is 1.37. The van der Waals surface area contributed by atoms with Crippen LogP contribution in [0, 0.1) is 0 Å². The Labute approximate surface area is 157 Å². The van der Waals surface area contributed by atoms with Gasteiger partial charge in [0, 0.05) is 31.9 Å². The molecule has 5 heteroatoms. The van der Waals surface area contributed by atoms with Crippen LogP contribution < -0.4 is 10.2 Å². The summed E-state index contributed by atoms with van der Waals surface area (Å²) in [4.78, 5) is 27.9. The first-order chi connectivity index (χ1) is 12.6. The number of carbonyl (C=O) groups is 2. The molecule has 0 aliphatic carbocycles. The Hall–Kier alpha value is -2.92. The van der Waals surface area contributed by atoms with Crippen molar-refractivity contribution in [1.29, 1.82) is 0 Å². The number of carbonyl (C=O) groups excluding carboxylic acids is 2. The van der Waals surface area contributed by atoms with E-state index in [1.165, 1.54) is 11.3 Å². The number of thiophene rings is 1. The van der Waals surface area contributed by atoms with Crippen LogP contribution in [-0.4, -0.2) is 25.8 Å². The zero-order chi connectivity index (χ0) is 18.5. The van der Waals surface area contributed by atoms with Gasteiger partial charge in [-0.1, -0.05) is 36.4 Å². The second-order valence-corrected chi connectivity index (χ2v) is 7.04. The summed E-state index contributed by atoms with van der Waals surface area (Å²) in [5.41, 5.74) is 2.93. The Bertz CT molecular complexity index is 900. The van der Waals surface area contributed by atoms with E-state index in [0.29, 0.717) is 22.5 Å². The second kappa shape index (κ2) is 7.97. The molecule has 1 amide bonds. The van der Waals surface area contributed by atoms with Gasteiger partial charge in [0.1, 0.15) is 0 Å². The number of rotatable bonds is 6. The lowest BCUT2D eigenvalue weighted by Gasteiger charge is -2.13. The minimum atomic E-state index is -0.248. The van der Waals surface area contributed by atoms with Gasteiger partial charge in [-0.3, -0.25) is 9.59 Å². The molecule has 3 rings (SSSR count). The zero-order valence-corrected chi connectivity index (χ0v) is 15.5. The minimum Gasteiger partial charge on any atom is -0.378 e. The lowest BCUT2D eigenvalue weighted by molar-refractivity contribution is 0.0940. The molecule has 0 bridgehead atoms. The third-order valence-corrected chi connectivity index (χ3v) is 4.94. The van der Waals surface area contributed by atoms with Crippen LogP contribution in [0.4, 0.5) is 5.69 Å². The van der Waals surface area contributed by atoms with Gasteiger partial charge in [-0.05, 0) is 35.2 Å². The van der Waals surface area contributed by atoms with E-state index in [-0.39, 0.29) is 11.7 Å². The summed E-state index contributed by atoms with van der Waals surface area (Å²) in [7, 11) is 3.97. The van der Waals surface area contributed by atoms with E-state index >= 15 is 0 Å². The Morgan fingerprint density at radius 2 is 1.62 bits per heavy atom. The Kier molecular flexibility index (Phi) is 5.49. The lowest BCUT2D eigenvalue weighted by atomic mass is 10.0. The maximum Gasteiger partial charge on any atom is 0.252 e. The van der Waals surface area contributed by atoms with Crippen LogP contribution >= 0.6 is 11.3 Å². The van der Waals surface area contributed by atoms with Crippen molar-refractivity contribution in [3.63, 3.8) is 0 Å². The molecule has 2 aromatic carbocycles. The first-order valence-corrected chi connectivity index (χ1v) is 9.16. The van der Waals surface area contributed by atoms with Gasteiger partial charge in [-0.25, -0.2) is 0 Å². The smallest absolute Gasteiger partial charge is 0.252 e. The van der Waals surface area contributed by atoms with E-state index in [0.717, 1.165) is 11.3 Å². The second-order valence-electron chi connectivity index (χ2n) is 6.10. The van der Waals surface area contributed by atoms with E-state index in [1.54, 1.807) is 30.3 Å². The largest absolute Gasteiger partial charge is 0.378 e. The molecule has 1 aromatic heterocycles. The molecular formula is C21H20N2O2S. The van der Waals surface area contributed by atoms with E-state index in [4.69, 9.17) is 0 Å². The lowest BCUT2D eigenvalue weighted by Crippen LogP contribution is -2.25. The number of anilines is 1. The number of nitrogens with zero attached hydrogens (tertiary/aromatic N) is 1. The molecule has 0 aliphatic rings. The van der Waals surface area contributed by atoms with Crippen molar-refractivity contribution < 1.29 is 9.59 Å². The number of amides is 1. The third kappa shape index (κ3) is 4.00. The Morgan fingerprint density at radius 3 is 2.23 bits per heavy atom. The fraction of sp³-hybridized carbons (Fsp3) is 0.143. The van der Waals surface area contributed by atoms with Gasteiger partial charge in [0.25, 0.3) is 5.91 Å². The summed E-state index contributed by atoms with van der Waals surface area (Å²) in [5.74, 6) is -0.372. The fourth-order valence-corrected chi connectivity index (χ4v) is 3.29. The molecular weight excluding hydrogens is 344 g/mol. The highest BCUT2D eigenvalue weighted by Gasteiger charge is 2.18. The zero-order valence-electron chi connectivity index (χ0n) is 14.7. The quantitative estimate of drug-likeness (QED) is 0.673. The van der Waals surface area contributed by atoms with Crippen LogP contribution in [0.3, 0.4) is 0 Å². The first-order valence-electron chi connectivity index (χ1n) is 8.28. The van der Waals surface area contributed by atoms with E-state index in [2.05, 4.69) is 5.32 Å². The number of benzene rings is 2. The van der Waals surface area contributed by atoms with Gasteiger partial charge in [-0.15, -0.1) is 11.3 Å². The van der Waals surface area contributed by atoms with Gasteiger partial charge in [0.05, 0.1) is 10.4 Å². The summed E-state index contributed by atoms with van der Waals surface area (Å²) in [5, 5.41) is 4.76. The standard InChI is InChI=1S/C21H20N2O2S/c1-23(2)16-11-9-15(10-12-16)14-22-21(25)18-7-4-3-6-17(18)20(24)19-8-5-13-26-19/h3-13H,14H2,1-2H3,(H,22,25). The average Bonchev–Trinajstić information content (AvgIpc) is 3.20. The third-order valence-electron chi connectivity index (χ3n) is 4.07. The minimum absolute atomic E-state index is 0.124. The van der Waals surface area contributed by atoms with Gasteiger partial charge in [0.15, 0.2) is 0 Å². The molecule has 0 saturated heterocycles. The van der Waals surface area contributed by atoms with Gasteiger partial charge in [-0.2, -0.15) is 0 Å². The van der Waals surface area contributed by atoms with E-state index < -0.39 is 0 Å². The summed E-state index contributed by atoms with van der Waals surface area (Å²) in [6, 6.07) is 18.5. The monoisotopic (exact) mass is 364 g/mol. The topological polar surface area (TPSA) is 49.4 Å². The van der Waals surface area contributed by atoms with Crippen LogP contribution in [-0.2, 0) is 6.54 Å². The Balaban J connectivity index is 1.73. The molecule has 0 aliphatic heterocycles. The number of hydrogen-bond acceptors (Lipinski definition) is 4. The average molecular weight is 364 g/mol. The van der Waals surface area contributed by atoms with Crippen LogP contribution in [0.15, 0.2) is 66.0 Å². The summed E-state index contributed by atoms with van der Waals surface area (Å²) in [6.07, 6.45) is 0. The maximum atomic E-state index is 12.6. The first kappa shape index (κ1) is 17.9. The van der Waals surface area contributed by atoms with Crippen molar-refractivity contribution >= 4 is 28.7 Å². The molecule has 0 fully saturated rings. The van der Waals surface area contributed by atoms with E-state index in [1.807, 2.05) is 54.7 Å². The molecule has 0 radical (unpaired) electrons. The summed E-state index contributed by atoms with van der Waals surface area (Å²) in [6.45, 7) is 0.411. The highest BCUT2D eigenvalue weighted by Crippen LogP contribution is 2.18. The molecule has 132 valence electrons. The molecule has 0 atom stereocenters. The fourth-order valence-electron chi connectivity index (χ4n) is 2.61. The molecule has 0 spiro atoms. The maximum absolute atomic E-state index is 12.6. The molecule has 3 aromatic rings. The summed E-state index contributed by atoms with van der Waals surface area (Å²) < 4.78 is 0. The predicted octanol–water partition coefficient (Wildman–Crippen LogP) is 3.98. The van der Waals surface area contributed by atoms with Crippen LogP contribution in [0.5, 0.6) is 0 Å². The van der Waals surface area contributed by atoms with Crippen LogP contribution in [0.1, 0.15) is 31.2 Å². The van der Waals surface area contributed by atoms with Crippen molar-refractivity contribution in [2.45, 2.75) is 6.54 Å². The van der Waals surface area contributed by atoms with Gasteiger partial charge < -0.3 is 10.2 Å². The van der Waals surface area contributed by atoms with Crippen molar-refractivity contribution in [3.8, 4) is 0 Å². The van der Waals surface area contributed by atoms with Gasteiger partial charge in [0.2, 0.25) is 5.78 Å². The normalized spacial score (nSPS) is 10.4. The number of ketones is 1. The SMILES string of the molecule is CN(C)c1ccc(CNC(=O)c2ccccc2C(=O)c2cccs2)cc1. The van der Waals surface area contributed by atoms with Crippen LogP contribution in [0.25, 0.3) is 0 Å². The van der Waals surface area contributed by atoms with Crippen LogP contribution in [0.2, 0.25) is 0 Å². The molecule has 1 N–H and O–H groups in total. The highest BCUT2D eigenvalue weighted by atomic mass is 32.1. The molecule has 1 heterocycles. The molecule has 0 unspecified atom stereocenters. The number of nitrogens with one attached hydrogen (secondary N) is 1. The molecule has 4 nitrogen and oxygen atoms in total. The van der Waals surface area contributed by atoms with Crippen molar-refractivity contribution in [1.82, 2.24) is 5.32 Å².